The molecule has 74 valence electrons. The highest BCUT2D eigenvalue weighted by Gasteiger charge is 2.06. The molecule has 0 aliphatic rings. The van der Waals surface area contributed by atoms with Crippen LogP contribution >= 0.6 is 11.6 Å². The summed E-state index contributed by atoms with van der Waals surface area (Å²) in [6.45, 7) is 0. The van der Waals surface area contributed by atoms with Crippen molar-refractivity contribution in [2.24, 2.45) is 0 Å². The van der Waals surface area contributed by atoms with E-state index in [1.807, 2.05) is 0 Å². The molecule has 0 spiro atoms. The molecule has 5 heteroatoms. The van der Waals surface area contributed by atoms with Gasteiger partial charge in [0.05, 0.1) is 5.56 Å². The summed E-state index contributed by atoms with van der Waals surface area (Å²) in [4.78, 5) is 18.9. The average Bonchev–Trinajstić information content (AvgIpc) is 2.19. The van der Waals surface area contributed by atoms with E-state index in [1.165, 1.54) is 0 Å². The van der Waals surface area contributed by atoms with Crippen LogP contribution in [0.15, 0.2) is 24.3 Å². The summed E-state index contributed by atoms with van der Waals surface area (Å²) in [6.07, 6.45) is 0.750. The lowest BCUT2D eigenvalue weighted by Gasteiger charge is -1.99. The minimum atomic E-state index is -0.929. The van der Waals surface area contributed by atoms with Gasteiger partial charge in [0.25, 0.3) is 0 Å². The number of hydrogen-bond donors (Lipinski definition) is 2. The van der Waals surface area contributed by atoms with E-state index in [9.17, 15) is 4.79 Å². The van der Waals surface area contributed by atoms with Gasteiger partial charge in [-0.3, -0.25) is 0 Å². The monoisotopic (exact) mass is 213 g/mol. The molecule has 1 aromatic rings. The van der Waals surface area contributed by atoms with Gasteiger partial charge in [0.2, 0.25) is 6.08 Å². The Bertz CT molecular complexity index is 346. The van der Waals surface area contributed by atoms with E-state index in [2.05, 4.69) is 0 Å². The van der Waals surface area contributed by atoms with Crippen LogP contribution < -0.4 is 0 Å². The van der Waals surface area contributed by atoms with Crippen molar-refractivity contribution in [1.29, 1.82) is 5.41 Å². The number of halogens is 1. The molecule has 1 aromatic carbocycles. The highest BCUT2D eigenvalue weighted by Crippen LogP contribution is 2.10. The summed E-state index contributed by atoms with van der Waals surface area (Å²) in [5.74, 6) is -0.691. The smallest absolute Gasteiger partial charge is 0.336 e. The molecule has 0 saturated carbocycles. The lowest BCUT2D eigenvalue weighted by Crippen LogP contribution is -1.99. The van der Waals surface area contributed by atoms with Crippen LogP contribution in [0, 0.1) is 5.41 Å². The van der Waals surface area contributed by atoms with Crippen molar-refractivity contribution in [2.75, 3.05) is 0 Å². The fourth-order valence-corrected chi connectivity index (χ4v) is 1.08. The van der Waals surface area contributed by atoms with Crippen molar-refractivity contribution < 1.29 is 14.7 Å². The molecular formula is C9H8ClNO3. The summed E-state index contributed by atoms with van der Waals surface area (Å²) in [5.41, 5.74) is 0.934. The molecule has 0 radical (unpaired) electrons. The minimum absolute atomic E-state index is 0.239. The molecule has 0 bridgehead atoms. The van der Waals surface area contributed by atoms with Gasteiger partial charge in [0.15, 0.2) is 0 Å². The Balaban J connectivity index is 0.000000500. The van der Waals surface area contributed by atoms with Gasteiger partial charge in [0, 0.05) is 5.88 Å². The van der Waals surface area contributed by atoms with Crippen LogP contribution in [0.25, 0.3) is 0 Å². The van der Waals surface area contributed by atoms with Crippen LogP contribution in [0.2, 0.25) is 0 Å². The lowest BCUT2D eigenvalue weighted by atomic mass is 10.1. The third-order valence-electron chi connectivity index (χ3n) is 1.39. The standard InChI is InChI=1S/C8H7ClO2.CHNO/c9-5-6-3-1-2-4-7(6)8(10)11;2-1-3/h1-4H,5H2,(H,10,11);2H. The van der Waals surface area contributed by atoms with E-state index in [0.717, 1.165) is 6.08 Å². The predicted octanol–water partition coefficient (Wildman–Crippen LogP) is 2.02. The number of nitrogens with one attached hydrogen (secondary N) is 1. The number of rotatable bonds is 2. The molecule has 0 heterocycles. The number of alkyl halides is 1. The zero-order valence-electron chi connectivity index (χ0n) is 7.16. The molecule has 0 aliphatic carbocycles. The van der Waals surface area contributed by atoms with Gasteiger partial charge in [-0.2, -0.15) is 0 Å². The molecule has 0 aliphatic heterocycles. The first kappa shape index (κ1) is 12.4. The van der Waals surface area contributed by atoms with E-state index in [0.29, 0.717) is 5.56 Å². The van der Waals surface area contributed by atoms with Crippen molar-refractivity contribution in [2.45, 2.75) is 5.88 Å². The first-order chi connectivity index (χ1) is 6.67. The van der Waals surface area contributed by atoms with E-state index < -0.39 is 5.97 Å². The number of carboxylic acid groups (broad SMARTS) is 1. The Morgan fingerprint density at radius 3 is 2.36 bits per heavy atom. The summed E-state index contributed by atoms with van der Waals surface area (Å²) in [6, 6.07) is 6.69. The highest BCUT2D eigenvalue weighted by molar-refractivity contribution is 6.17. The Hall–Kier alpha value is -1.64. The molecule has 0 amide bonds. The topological polar surface area (TPSA) is 78.2 Å². The number of aromatic carboxylic acids is 1. The minimum Gasteiger partial charge on any atom is -0.478 e. The first-order valence-corrected chi connectivity index (χ1v) is 4.11. The van der Waals surface area contributed by atoms with Gasteiger partial charge >= 0.3 is 5.97 Å². The Morgan fingerprint density at radius 1 is 1.50 bits per heavy atom. The Morgan fingerprint density at radius 2 is 2.00 bits per heavy atom. The number of carbonyl (C=O) groups is 1. The van der Waals surface area contributed by atoms with Crippen LogP contribution in [0.1, 0.15) is 15.9 Å². The van der Waals surface area contributed by atoms with Gasteiger partial charge < -0.3 is 5.11 Å². The third kappa shape index (κ3) is 3.85. The lowest BCUT2D eigenvalue weighted by molar-refractivity contribution is 0.0696. The fourth-order valence-electron chi connectivity index (χ4n) is 0.845. The number of carbonyl (C=O) groups excluding carboxylic acids is 1. The molecule has 0 atom stereocenters. The average molecular weight is 214 g/mol. The summed E-state index contributed by atoms with van der Waals surface area (Å²) in [7, 11) is 0. The second kappa shape index (κ2) is 6.83. The maximum Gasteiger partial charge on any atom is 0.336 e. The van der Waals surface area contributed by atoms with Crippen LogP contribution in [0.4, 0.5) is 0 Å². The fraction of sp³-hybridized carbons (Fsp3) is 0.111. The molecule has 14 heavy (non-hydrogen) atoms. The van der Waals surface area contributed by atoms with E-state index >= 15 is 0 Å². The van der Waals surface area contributed by atoms with Gasteiger partial charge in [0.1, 0.15) is 0 Å². The second-order valence-electron chi connectivity index (χ2n) is 2.20. The van der Waals surface area contributed by atoms with E-state index in [1.54, 1.807) is 24.3 Å². The summed E-state index contributed by atoms with van der Waals surface area (Å²) < 4.78 is 0. The maximum absolute atomic E-state index is 10.5. The molecule has 0 unspecified atom stereocenters. The normalized spacial score (nSPS) is 8.07. The number of isocyanates is 1. The molecule has 2 N–H and O–H groups in total. The zero-order chi connectivity index (χ0) is 11.0. The van der Waals surface area contributed by atoms with Crippen molar-refractivity contribution in [1.82, 2.24) is 0 Å². The van der Waals surface area contributed by atoms with Crippen molar-refractivity contribution in [3.63, 3.8) is 0 Å². The maximum atomic E-state index is 10.5. The van der Waals surface area contributed by atoms with Gasteiger partial charge in [-0.25, -0.2) is 15.0 Å². The van der Waals surface area contributed by atoms with E-state index in [4.69, 9.17) is 26.9 Å². The Labute approximate surface area is 85.6 Å². The summed E-state index contributed by atoms with van der Waals surface area (Å²) in [5, 5.41) is 14.0. The van der Waals surface area contributed by atoms with Crippen molar-refractivity contribution in [3.8, 4) is 0 Å². The second-order valence-corrected chi connectivity index (χ2v) is 2.47. The van der Waals surface area contributed by atoms with Crippen LogP contribution in [-0.4, -0.2) is 17.2 Å². The summed E-state index contributed by atoms with van der Waals surface area (Å²) >= 11 is 5.51. The molecule has 1 rings (SSSR count). The van der Waals surface area contributed by atoms with Gasteiger partial charge in [-0.1, -0.05) is 18.2 Å². The number of hydrogen-bond acceptors (Lipinski definition) is 3. The van der Waals surface area contributed by atoms with E-state index in [-0.39, 0.29) is 11.4 Å². The van der Waals surface area contributed by atoms with Crippen molar-refractivity contribution >= 4 is 23.7 Å². The number of carboxylic acids is 1. The molecule has 0 fully saturated rings. The SMILES string of the molecule is N=C=O.O=C(O)c1ccccc1CCl. The van der Waals surface area contributed by atoms with Crippen molar-refractivity contribution in [3.05, 3.63) is 35.4 Å². The molecule has 0 aromatic heterocycles. The van der Waals surface area contributed by atoms with Crippen LogP contribution in [0.3, 0.4) is 0 Å². The molecule has 4 nitrogen and oxygen atoms in total. The largest absolute Gasteiger partial charge is 0.478 e. The van der Waals surface area contributed by atoms with Gasteiger partial charge in [-0.15, -0.1) is 11.6 Å². The quantitative estimate of drug-likeness (QED) is 0.448. The third-order valence-corrected chi connectivity index (χ3v) is 1.68. The highest BCUT2D eigenvalue weighted by atomic mass is 35.5. The van der Waals surface area contributed by atoms with Crippen LogP contribution in [0.5, 0.6) is 0 Å². The molecular weight excluding hydrogens is 206 g/mol. The van der Waals surface area contributed by atoms with Crippen LogP contribution in [-0.2, 0) is 10.7 Å². The first-order valence-electron chi connectivity index (χ1n) is 3.58. The molecule has 0 saturated heterocycles. The zero-order valence-corrected chi connectivity index (χ0v) is 7.91. The predicted molar refractivity (Wildman–Crippen MR) is 51.4 cm³/mol. The van der Waals surface area contributed by atoms with Gasteiger partial charge in [-0.05, 0) is 11.6 Å². The number of benzene rings is 1. The Kier molecular flexibility index (Phi) is 6.03.